The molecule has 1 atom stereocenters. The number of aromatic amines is 1. The highest BCUT2D eigenvalue weighted by Crippen LogP contribution is 2.27. The maximum absolute atomic E-state index is 12.8. The van der Waals surface area contributed by atoms with Gasteiger partial charge in [-0.3, -0.25) is 8.98 Å². The molecule has 29 heavy (non-hydrogen) atoms. The summed E-state index contributed by atoms with van der Waals surface area (Å²) < 4.78 is 30.7. The Morgan fingerprint density at radius 2 is 1.83 bits per heavy atom. The first-order valence-electron chi connectivity index (χ1n) is 10.0. The summed E-state index contributed by atoms with van der Waals surface area (Å²) in [6, 6.07) is 8.53. The highest BCUT2D eigenvalue weighted by molar-refractivity contribution is 7.86. The number of nitrogens with one attached hydrogen (secondary N) is 1. The molecule has 1 aromatic carbocycles. The van der Waals surface area contributed by atoms with Gasteiger partial charge in [0.1, 0.15) is 5.69 Å². The minimum Gasteiger partial charge on any atom is -0.354 e. The molecular formula is C21H27N3O4S. The van der Waals surface area contributed by atoms with E-state index in [4.69, 9.17) is 4.18 Å². The van der Waals surface area contributed by atoms with Gasteiger partial charge in [-0.05, 0) is 50.6 Å². The van der Waals surface area contributed by atoms with E-state index in [-0.39, 0.29) is 10.8 Å². The van der Waals surface area contributed by atoms with Crippen LogP contribution in [0.5, 0.6) is 0 Å². The van der Waals surface area contributed by atoms with E-state index in [0.717, 1.165) is 43.0 Å². The number of aryl methyl sites for hydroxylation is 2. The molecule has 8 heteroatoms. The smallest absolute Gasteiger partial charge is 0.297 e. The van der Waals surface area contributed by atoms with Crippen molar-refractivity contribution < 1.29 is 17.4 Å². The standard InChI is InChI=1S/C21H27N3O4S/c1-15-3-6-18(7-4-15)29(26,27)28-17-5-8-19-16(13-17)14-20(22-19)21(25)24-11-9-23(2)10-12-24/h3-4,6-7,14,17,22H,5,8-13H2,1-2H3. The number of hydrogen-bond donors (Lipinski definition) is 1. The molecule has 0 saturated carbocycles. The zero-order chi connectivity index (χ0) is 20.6. The van der Waals surface area contributed by atoms with Crippen molar-refractivity contribution in [3.05, 3.63) is 52.8 Å². The van der Waals surface area contributed by atoms with Crippen LogP contribution in [0.3, 0.4) is 0 Å². The van der Waals surface area contributed by atoms with Gasteiger partial charge in [0.15, 0.2) is 0 Å². The van der Waals surface area contributed by atoms with Crippen molar-refractivity contribution in [3.8, 4) is 0 Å². The Hall–Kier alpha value is -2.16. The van der Waals surface area contributed by atoms with Crippen LogP contribution in [0.4, 0.5) is 0 Å². The number of H-pyrrole nitrogens is 1. The molecule has 2 heterocycles. The number of carbonyl (C=O) groups excluding carboxylic acids is 1. The fourth-order valence-electron chi connectivity index (χ4n) is 3.91. The van der Waals surface area contributed by atoms with Gasteiger partial charge in [-0.15, -0.1) is 0 Å². The fraction of sp³-hybridized carbons (Fsp3) is 0.476. The van der Waals surface area contributed by atoms with Crippen molar-refractivity contribution in [2.45, 2.75) is 37.2 Å². The largest absolute Gasteiger partial charge is 0.354 e. The summed E-state index contributed by atoms with van der Waals surface area (Å²) in [5.41, 5.74) is 3.56. The van der Waals surface area contributed by atoms with E-state index < -0.39 is 16.2 Å². The van der Waals surface area contributed by atoms with Crippen LogP contribution in [-0.4, -0.2) is 68.4 Å². The Balaban J connectivity index is 1.44. The van der Waals surface area contributed by atoms with Crippen LogP contribution in [0, 0.1) is 6.92 Å². The number of fused-ring (bicyclic) bond motifs is 1. The number of amides is 1. The van der Waals surface area contributed by atoms with Crippen LogP contribution in [0.25, 0.3) is 0 Å². The third-order valence-electron chi connectivity index (χ3n) is 5.75. The van der Waals surface area contributed by atoms with Gasteiger partial charge in [0.2, 0.25) is 0 Å². The van der Waals surface area contributed by atoms with E-state index in [0.29, 0.717) is 25.0 Å². The van der Waals surface area contributed by atoms with E-state index in [1.54, 1.807) is 24.3 Å². The summed E-state index contributed by atoms with van der Waals surface area (Å²) in [6.45, 7) is 5.10. The Morgan fingerprint density at radius 3 is 2.52 bits per heavy atom. The van der Waals surface area contributed by atoms with Gasteiger partial charge < -0.3 is 14.8 Å². The highest BCUT2D eigenvalue weighted by atomic mass is 32.2. The van der Waals surface area contributed by atoms with Gasteiger partial charge in [-0.2, -0.15) is 8.42 Å². The van der Waals surface area contributed by atoms with E-state index >= 15 is 0 Å². The summed E-state index contributed by atoms with van der Waals surface area (Å²) in [5, 5.41) is 0. The highest BCUT2D eigenvalue weighted by Gasteiger charge is 2.29. The molecule has 1 amide bonds. The van der Waals surface area contributed by atoms with Crippen LogP contribution in [0.15, 0.2) is 35.2 Å². The zero-order valence-electron chi connectivity index (χ0n) is 16.8. The van der Waals surface area contributed by atoms with Crippen molar-refractivity contribution in [1.29, 1.82) is 0 Å². The number of aromatic nitrogens is 1. The molecular weight excluding hydrogens is 390 g/mol. The number of rotatable bonds is 4. The summed E-state index contributed by atoms with van der Waals surface area (Å²) in [7, 11) is -1.75. The molecule has 156 valence electrons. The lowest BCUT2D eigenvalue weighted by molar-refractivity contribution is 0.0658. The maximum Gasteiger partial charge on any atom is 0.297 e. The van der Waals surface area contributed by atoms with E-state index in [1.165, 1.54) is 0 Å². The lowest BCUT2D eigenvalue weighted by Crippen LogP contribution is -2.47. The van der Waals surface area contributed by atoms with Gasteiger partial charge >= 0.3 is 0 Å². The Morgan fingerprint density at radius 1 is 1.14 bits per heavy atom. The zero-order valence-corrected chi connectivity index (χ0v) is 17.7. The van der Waals surface area contributed by atoms with Gasteiger partial charge in [0, 0.05) is 38.3 Å². The van der Waals surface area contributed by atoms with E-state index in [9.17, 15) is 13.2 Å². The normalized spacial score (nSPS) is 20.5. The number of hydrogen-bond acceptors (Lipinski definition) is 5. The van der Waals surface area contributed by atoms with Crippen LogP contribution in [0.2, 0.25) is 0 Å². The Labute approximate surface area is 171 Å². The van der Waals surface area contributed by atoms with Crippen LogP contribution in [-0.2, 0) is 27.1 Å². The second-order valence-corrected chi connectivity index (χ2v) is 9.58. The van der Waals surface area contributed by atoms with Crippen molar-refractivity contribution in [2.75, 3.05) is 33.2 Å². The van der Waals surface area contributed by atoms with Gasteiger partial charge in [0.05, 0.1) is 11.0 Å². The Kier molecular flexibility index (Phi) is 5.50. The summed E-state index contributed by atoms with van der Waals surface area (Å²) in [6.07, 6.45) is 1.32. The topological polar surface area (TPSA) is 82.7 Å². The Bertz CT molecular complexity index is 989. The van der Waals surface area contributed by atoms with Crippen molar-refractivity contribution in [3.63, 3.8) is 0 Å². The van der Waals surface area contributed by atoms with Gasteiger partial charge in [-0.25, -0.2) is 0 Å². The number of likely N-dealkylation sites (N-methyl/N-ethyl adjacent to an activating group) is 1. The molecule has 2 aromatic rings. The lowest BCUT2D eigenvalue weighted by Gasteiger charge is -2.32. The first-order chi connectivity index (χ1) is 13.8. The van der Waals surface area contributed by atoms with Crippen molar-refractivity contribution in [2.24, 2.45) is 0 Å². The summed E-state index contributed by atoms with van der Waals surface area (Å²) >= 11 is 0. The number of carbonyl (C=O) groups is 1. The van der Waals surface area contributed by atoms with Crippen LogP contribution < -0.4 is 0 Å². The first-order valence-corrected chi connectivity index (χ1v) is 11.4. The summed E-state index contributed by atoms with van der Waals surface area (Å²) in [5.74, 6) is 0.0113. The molecule has 7 nitrogen and oxygen atoms in total. The molecule has 2 aliphatic rings. The molecule has 1 aliphatic carbocycles. The minimum absolute atomic E-state index is 0.0113. The quantitative estimate of drug-likeness (QED) is 0.769. The second kappa shape index (κ2) is 7.93. The molecule has 1 saturated heterocycles. The average molecular weight is 418 g/mol. The summed E-state index contributed by atoms with van der Waals surface area (Å²) in [4.78, 5) is 20.3. The lowest BCUT2D eigenvalue weighted by atomic mass is 9.95. The molecule has 1 unspecified atom stereocenters. The second-order valence-electron chi connectivity index (χ2n) is 8.01. The number of piperazine rings is 1. The third kappa shape index (κ3) is 4.39. The molecule has 1 aromatic heterocycles. The maximum atomic E-state index is 12.8. The third-order valence-corrected chi connectivity index (χ3v) is 7.12. The predicted octanol–water partition coefficient (Wildman–Crippen LogP) is 1.97. The van der Waals surface area contributed by atoms with E-state index in [2.05, 4.69) is 16.9 Å². The number of nitrogens with zero attached hydrogens (tertiary/aromatic N) is 2. The average Bonchev–Trinajstić information content (AvgIpc) is 3.11. The monoisotopic (exact) mass is 417 g/mol. The molecule has 0 spiro atoms. The predicted molar refractivity (Wildman–Crippen MR) is 109 cm³/mol. The van der Waals surface area contributed by atoms with Crippen molar-refractivity contribution in [1.82, 2.24) is 14.8 Å². The van der Waals surface area contributed by atoms with Crippen LogP contribution >= 0.6 is 0 Å². The molecule has 0 bridgehead atoms. The minimum atomic E-state index is -3.80. The fourth-order valence-corrected chi connectivity index (χ4v) is 5.02. The molecule has 4 rings (SSSR count). The van der Waals surface area contributed by atoms with Crippen molar-refractivity contribution >= 4 is 16.0 Å². The molecule has 1 N–H and O–H groups in total. The van der Waals surface area contributed by atoms with Gasteiger partial charge in [-0.1, -0.05) is 17.7 Å². The molecule has 0 radical (unpaired) electrons. The number of benzene rings is 1. The van der Waals surface area contributed by atoms with Gasteiger partial charge in [0.25, 0.3) is 16.0 Å². The SMILES string of the molecule is Cc1ccc(S(=O)(=O)OC2CCc3[nH]c(C(=O)N4CCN(C)CC4)cc3C2)cc1. The van der Waals surface area contributed by atoms with Crippen LogP contribution in [0.1, 0.15) is 33.7 Å². The molecule has 1 fully saturated rings. The first kappa shape index (κ1) is 20.1. The van der Waals surface area contributed by atoms with E-state index in [1.807, 2.05) is 17.9 Å². The molecule has 1 aliphatic heterocycles.